The van der Waals surface area contributed by atoms with Crippen molar-refractivity contribution in [2.24, 2.45) is 5.92 Å². The third-order valence-corrected chi connectivity index (χ3v) is 7.62. The summed E-state index contributed by atoms with van der Waals surface area (Å²) >= 11 is 0. The number of esters is 2. The highest BCUT2D eigenvalue weighted by molar-refractivity contribution is 6.13. The molecular weight excluding hydrogens is 542 g/mol. The number of methoxy groups -OCH3 is 4. The molecular formula is C32H37NO9. The van der Waals surface area contributed by atoms with Crippen molar-refractivity contribution in [3.63, 3.8) is 0 Å². The number of Topliss-reactive ketones (excluding diaryl/α,β-unsaturated/α-hetero) is 1. The molecule has 1 aliphatic carbocycles. The van der Waals surface area contributed by atoms with E-state index in [-0.39, 0.29) is 18.8 Å². The normalized spacial score (nSPS) is 19.9. The molecule has 0 amide bonds. The summed E-state index contributed by atoms with van der Waals surface area (Å²) in [6.07, 6.45) is 0.325. The highest BCUT2D eigenvalue weighted by atomic mass is 16.5. The Labute approximate surface area is 245 Å². The lowest BCUT2D eigenvalue weighted by Gasteiger charge is -2.39. The number of benzene rings is 2. The van der Waals surface area contributed by atoms with Gasteiger partial charge >= 0.3 is 11.9 Å². The van der Waals surface area contributed by atoms with Crippen molar-refractivity contribution >= 4 is 17.7 Å². The van der Waals surface area contributed by atoms with Gasteiger partial charge in [-0.25, -0.2) is 4.79 Å². The van der Waals surface area contributed by atoms with Gasteiger partial charge in [0.05, 0.1) is 47.2 Å². The third kappa shape index (κ3) is 5.53. The smallest absolute Gasteiger partial charge is 0.336 e. The molecule has 0 saturated heterocycles. The van der Waals surface area contributed by atoms with Crippen LogP contribution < -0.4 is 24.3 Å². The van der Waals surface area contributed by atoms with Crippen molar-refractivity contribution in [1.29, 1.82) is 0 Å². The number of hydrogen-bond donors (Lipinski definition) is 1. The van der Waals surface area contributed by atoms with E-state index >= 15 is 0 Å². The molecule has 0 saturated carbocycles. The van der Waals surface area contributed by atoms with E-state index in [1.807, 2.05) is 12.1 Å². The van der Waals surface area contributed by atoms with E-state index in [0.29, 0.717) is 51.9 Å². The molecule has 0 aromatic heterocycles. The number of ketones is 1. The molecule has 10 heteroatoms. The summed E-state index contributed by atoms with van der Waals surface area (Å²) in [6.45, 7) is 5.44. The van der Waals surface area contributed by atoms with Gasteiger partial charge in [-0.05, 0) is 62.6 Å². The maximum Gasteiger partial charge on any atom is 0.336 e. The largest absolute Gasteiger partial charge is 0.497 e. The zero-order valence-corrected chi connectivity index (χ0v) is 25.0. The minimum Gasteiger partial charge on any atom is -0.497 e. The van der Waals surface area contributed by atoms with E-state index in [1.165, 1.54) is 21.3 Å². The van der Waals surface area contributed by atoms with E-state index in [9.17, 15) is 14.4 Å². The van der Waals surface area contributed by atoms with Crippen molar-refractivity contribution in [3.8, 4) is 23.0 Å². The lowest BCUT2D eigenvalue weighted by Crippen LogP contribution is -2.43. The molecule has 2 aromatic rings. The zero-order chi connectivity index (χ0) is 30.6. The van der Waals surface area contributed by atoms with E-state index < -0.39 is 35.5 Å². The lowest BCUT2D eigenvalue weighted by molar-refractivity contribution is -0.152. The second-order valence-corrected chi connectivity index (χ2v) is 9.85. The Hall–Kier alpha value is -4.47. The van der Waals surface area contributed by atoms with Crippen molar-refractivity contribution in [3.05, 3.63) is 70.1 Å². The molecule has 0 fully saturated rings. The second-order valence-electron chi connectivity index (χ2n) is 9.85. The SMILES string of the molecule is CCOC(=O)C1=C(C)NC2=C(C(=O)[C@H](C(=O)OCC)[C@@H](c3ccc(OC)cc3)C2)[C@H]1c1cc(OC)c(OC)c(OC)c1. The molecule has 1 heterocycles. The number of ether oxygens (including phenoxy) is 6. The summed E-state index contributed by atoms with van der Waals surface area (Å²) in [5, 5.41) is 3.30. The molecule has 1 aliphatic heterocycles. The van der Waals surface area contributed by atoms with Gasteiger partial charge in [0.2, 0.25) is 5.75 Å². The number of carbonyl (C=O) groups excluding carboxylic acids is 3. The first kappa shape index (κ1) is 30.5. The quantitative estimate of drug-likeness (QED) is 0.320. The fourth-order valence-electron chi connectivity index (χ4n) is 5.78. The molecule has 2 aliphatic rings. The Kier molecular flexibility index (Phi) is 9.45. The van der Waals surface area contributed by atoms with Gasteiger partial charge in [-0.3, -0.25) is 9.59 Å². The number of dihydropyridines is 1. The molecule has 42 heavy (non-hydrogen) atoms. The van der Waals surface area contributed by atoms with E-state index in [1.54, 1.807) is 52.1 Å². The van der Waals surface area contributed by atoms with Crippen LogP contribution in [0.5, 0.6) is 23.0 Å². The summed E-state index contributed by atoms with van der Waals surface area (Å²) in [4.78, 5) is 41.4. The number of carbonyl (C=O) groups is 3. The minimum absolute atomic E-state index is 0.117. The van der Waals surface area contributed by atoms with Gasteiger partial charge in [0.15, 0.2) is 17.3 Å². The average molecular weight is 580 g/mol. The first-order valence-electron chi connectivity index (χ1n) is 13.8. The highest BCUT2D eigenvalue weighted by Gasteiger charge is 2.49. The van der Waals surface area contributed by atoms with Gasteiger partial charge in [-0.2, -0.15) is 0 Å². The maximum absolute atomic E-state index is 14.5. The standard InChI is InChI=1S/C32H37NO9/c1-8-41-31(35)25-17(3)33-22-16-21(18-10-12-20(37-4)13-11-18)27(32(36)42-9-2)29(34)28(22)26(25)19-14-23(38-5)30(40-7)24(15-19)39-6/h10-15,21,26-27,33H,8-9,16H2,1-7H3/t21-,26+,27-/m1/s1. The molecule has 3 atom stereocenters. The maximum atomic E-state index is 14.5. The summed E-state index contributed by atoms with van der Waals surface area (Å²) in [5.41, 5.74) is 3.04. The van der Waals surface area contributed by atoms with Crippen molar-refractivity contribution in [1.82, 2.24) is 5.32 Å². The van der Waals surface area contributed by atoms with E-state index in [4.69, 9.17) is 28.4 Å². The van der Waals surface area contributed by atoms with Gasteiger partial charge in [-0.15, -0.1) is 0 Å². The van der Waals surface area contributed by atoms with E-state index in [0.717, 1.165) is 5.56 Å². The first-order chi connectivity index (χ1) is 20.2. The monoisotopic (exact) mass is 579 g/mol. The highest BCUT2D eigenvalue weighted by Crippen LogP contribution is 2.50. The molecule has 224 valence electrons. The van der Waals surface area contributed by atoms with Crippen LogP contribution in [0.3, 0.4) is 0 Å². The Morgan fingerprint density at radius 2 is 1.48 bits per heavy atom. The molecule has 0 radical (unpaired) electrons. The molecule has 2 aromatic carbocycles. The molecule has 10 nitrogen and oxygen atoms in total. The van der Waals surface area contributed by atoms with Crippen LogP contribution in [-0.4, -0.2) is 59.4 Å². The van der Waals surface area contributed by atoms with Crippen molar-refractivity contribution in [2.75, 3.05) is 41.7 Å². The van der Waals surface area contributed by atoms with Crippen molar-refractivity contribution < 1.29 is 42.8 Å². The number of hydrogen-bond acceptors (Lipinski definition) is 10. The summed E-state index contributed by atoms with van der Waals surface area (Å²) < 4.78 is 32.8. The number of rotatable bonds is 10. The number of allylic oxidation sites excluding steroid dienone is 3. The van der Waals surface area contributed by atoms with Gasteiger partial charge in [0, 0.05) is 28.8 Å². The summed E-state index contributed by atoms with van der Waals surface area (Å²) in [5.74, 6) is -2.42. The van der Waals surface area contributed by atoms with Crippen LogP contribution in [0, 0.1) is 5.92 Å². The Morgan fingerprint density at radius 3 is 2.00 bits per heavy atom. The van der Waals surface area contributed by atoms with Crippen LogP contribution in [-0.2, 0) is 23.9 Å². The fourth-order valence-corrected chi connectivity index (χ4v) is 5.78. The summed E-state index contributed by atoms with van der Waals surface area (Å²) in [6, 6.07) is 10.7. The van der Waals surface area contributed by atoms with Crippen LogP contribution >= 0.6 is 0 Å². The summed E-state index contributed by atoms with van der Waals surface area (Å²) in [7, 11) is 6.05. The van der Waals surface area contributed by atoms with E-state index in [2.05, 4.69) is 5.32 Å². The Bertz CT molecular complexity index is 1400. The van der Waals surface area contributed by atoms with Gasteiger partial charge in [0.1, 0.15) is 11.7 Å². The minimum atomic E-state index is -1.13. The van der Waals surface area contributed by atoms with Gasteiger partial charge in [0.25, 0.3) is 0 Å². The predicted molar refractivity (Wildman–Crippen MR) is 154 cm³/mol. The fraction of sp³-hybridized carbons (Fsp3) is 0.406. The first-order valence-corrected chi connectivity index (χ1v) is 13.8. The number of nitrogens with one attached hydrogen (secondary N) is 1. The van der Waals surface area contributed by atoms with Crippen molar-refractivity contribution in [2.45, 2.75) is 39.0 Å². The van der Waals surface area contributed by atoms with Gasteiger partial charge < -0.3 is 33.7 Å². The molecule has 1 N–H and O–H groups in total. The van der Waals surface area contributed by atoms with Gasteiger partial charge in [-0.1, -0.05) is 12.1 Å². The average Bonchev–Trinajstić information content (AvgIpc) is 2.99. The van der Waals surface area contributed by atoms with Crippen LogP contribution in [0.15, 0.2) is 58.9 Å². The zero-order valence-electron chi connectivity index (χ0n) is 25.0. The third-order valence-electron chi connectivity index (χ3n) is 7.62. The molecule has 0 spiro atoms. The molecule has 0 bridgehead atoms. The van der Waals surface area contributed by atoms with Crippen LogP contribution in [0.25, 0.3) is 0 Å². The van der Waals surface area contributed by atoms with Crippen LogP contribution in [0.2, 0.25) is 0 Å². The topological polar surface area (TPSA) is 119 Å². The van der Waals surface area contributed by atoms with Crippen LogP contribution in [0.4, 0.5) is 0 Å². The predicted octanol–water partition coefficient (Wildman–Crippen LogP) is 4.43. The Morgan fingerprint density at radius 1 is 0.857 bits per heavy atom. The Balaban J connectivity index is 1.96. The lowest BCUT2D eigenvalue weighted by atomic mass is 9.67. The van der Waals surface area contributed by atoms with Crippen LogP contribution in [0.1, 0.15) is 50.2 Å². The second kappa shape index (κ2) is 13.0. The molecule has 0 unspecified atom stereocenters. The molecule has 4 rings (SSSR count).